The van der Waals surface area contributed by atoms with Gasteiger partial charge in [0.05, 0.1) is 22.9 Å². The Morgan fingerprint density at radius 2 is 2.10 bits per heavy atom. The predicted octanol–water partition coefficient (Wildman–Crippen LogP) is 1.38. The molecule has 0 saturated carbocycles. The molecular formula is C15H14N4O2. The number of para-hydroxylation sites is 1. The van der Waals surface area contributed by atoms with Crippen molar-refractivity contribution in [3.63, 3.8) is 0 Å². The average Bonchev–Trinajstić information content (AvgIpc) is 2.84. The molecule has 2 N–H and O–H groups in total. The van der Waals surface area contributed by atoms with E-state index in [0.29, 0.717) is 11.4 Å². The molecule has 1 aromatic carbocycles. The van der Waals surface area contributed by atoms with Crippen molar-refractivity contribution in [2.45, 2.75) is 6.92 Å². The summed E-state index contributed by atoms with van der Waals surface area (Å²) >= 11 is 0. The topological polar surface area (TPSA) is 79.8 Å². The summed E-state index contributed by atoms with van der Waals surface area (Å²) in [5.74, 6) is -0.260. The van der Waals surface area contributed by atoms with Crippen LogP contribution in [0.5, 0.6) is 0 Å². The summed E-state index contributed by atoms with van der Waals surface area (Å²) in [7, 11) is 1.55. The number of carbonyl (C=O) groups excluding carboxylic acids is 1. The minimum atomic E-state index is -0.260. The zero-order valence-corrected chi connectivity index (χ0v) is 11.7. The van der Waals surface area contributed by atoms with Gasteiger partial charge in [0.2, 0.25) is 0 Å². The van der Waals surface area contributed by atoms with Crippen molar-refractivity contribution in [3.05, 3.63) is 58.3 Å². The van der Waals surface area contributed by atoms with E-state index < -0.39 is 0 Å². The number of amides is 1. The highest BCUT2D eigenvalue weighted by Gasteiger charge is 2.11. The Labute approximate surface area is 120 Å². The van der Waals surface area contributed by atoms with Crippen molar-refractivity contribution in [2.24, 2.45) is 0 Å². The third-order valence-corrected chi connectivity index (χ3v) is 3.39. The summed E-state index contributed by atoms with van der Waals surface area (Å²) in [6, 6.07) is 9.00. The first-order valence-electron chi connectivity index (χ1n) is 6.50. The van der Waals surface area contributed by atoms with E-state index in [1.807, 2.05) is 25.1 Å². The summed E-state index contributed by atoms with van der Waals surface area (Å²) in [5.41, 5.74) is 3.29. The van der Waals surface area contributed by atoms with Gasteiger partial charge in [0.15, 0.2) is 0 Å². The zero-order chi connectivity index (χ0) is 15.0. The fourth-order valence-electron chi connectivity index (χ4n) is 2.31. The standard InChI is InChI=1S/C15H14N4O2/c1-9-4-3-5-12-13(9)18-15(21)19(12)10-6-7-11(17-8-10)14(20)16-2/h3-8H,1-2H3,(H,16,20)(H,18,21). The number of imidazole rings is 1. The van der Waals surface area contributed by atoms with Crippen LogP contribution in [0.4, 0.5) is 0 Å². The van der Waals surface area contributed by atoms with Gasteiger partial charge < -0.3 is 10.3 Å². The van der Waals surface area contributed by atoms with Gasteiger partial charge >= 0.3 is 5.69 Å². The van der Waals surface area contributed by atoms with Crippen LogP contribution in [0, 0.1) is 6.92 Å². The molecule has 3 aromatic rings. The Bertz CT molecular complexity index is 875. The van der Waals surface area contributed by atoms with Gasteiger partial charge in [0, 0.05) is 7.05 Å². The molecule has 2 aromatic heterocycles. The number of pyridine rings is 1. The van der Waals surface area contributed by atoms with E-state index in [2.05, 4.69) is 15.3 Å². The minimum Gasteiger partial charge on any atom is -0.354 e. The summed E-state index contributed by atoms with van der Waals surface area (Å²) in [6.45, 7) is 1.94. The first kappa shape index (κ1) is 13.1. The van der Waals surface area contributed by atoms with Gasteiger partial charge in [-0.05, 0) is 30.7 Å². The third-order valence-electron chi connectivity index (χ3n) is 3.39. The number of aryl methyl sites for hydroxylation is 1. The molecule has 0 bridgehead atoms. The molecule has 1 amide bonds. The second-order valence-corrected chi connectivity index (χ2v) is 4.72. The van der Waals surface area contributed by atoms with Crippen molar-refractivity contribution in [2.75, 3.05) is 7.05 Å². The molecule has 0 atom stereocenters. The number of nitrogens with one attached hydrogen (secondary N) is 2. The molecule has 0 saturated heterocycles. The predicted molar refractivity (Wildman–Crippen MR) is 79.8 cm³/mol. The first-order chi connectivity index (χ1) is 10.1. The lowest BCUT2D eigenvalue weighted by atomic mass is 10.2. The zero-order valence-electron chi connectivity index (χ0n) is 11.7. The molecule has 0 fully saturated rings. The molecule has 0 aliphatic heterocycles. The normalized spacial score (nSPS) is 10.8. The lowest BCUT2D eigenvalue weighted by molar-refractivity contribution is 0.0958. The number of hydrogen-bond acceptors (Lipinski definition) is 3. The SMILES string of the molecule is CNC(=O)c1ccc(-n2c(=O)[nH]c3c(C)cccc32)cn1. The monoisotopic (exact) mass is 282 g/mol. The Kier molecular flexibility index (Phi) is 3.06. The van der Waals surface area contributed by atoms with Crippen LogP contribution in [0.25, 0.3) is 16.7 Å². The number of H-pyrrole nitrogens is 1. The van der Waals surface area contributed by atoms with Gasteiger partial charge in [-0.2, -0.15) is 0 Å². The Morgan fingerprint density at radius 1 is 1.29 bits per heavy atom. The van der Waals surface area contributed by atoms with E-state index in [0.717, 1.165) is 16.6 Å². The molecule has 0 spiro atoms. The quantitative estimate of drug-likeness (QED) is 0.745. The molecule has 0 radical (unpaired) electrons. The molecular weight excluding hydrogens is 268 g/mol. The summed E-state index contributed by atoms with van der Waals surface area (Å²) < 4.78 is 1.54. The van der Waals surface area contributed by atoms with E-state index >= 15 is 0 Å². The van der Waals surface area contributed by atoms with Gasteiger partial charge in [-0.1, -0.05) is 12.1 Å². The van der Waals surface area contributed by atoms with E-state index in [4.69, 9.17) is 0 Å². The smallest absolute Gasteiger partial charge is 0.331 e. The molecule has 21 heavy (non-hydrogen) atoms. The maximum Gasteiger partial charge on any atom is 0.331 e. The second-order valence-electron chi connectivity index (χ2n) is 4.72. The number of carbonyl (C=O) groups is 1. The fourth-order valence-corrected chi connectivity index (χ4v) is 2.31. The summed E-state index contributed by atoms with van der Waals surface area (Å²) in [6.07, 6.45) is 1.52. The van der Waals surface area contributed by atoms with Crippen LogP contribution in [0.1, 0.15) is 16.1 Å². The molecule has 0 aliphatic rings. The maximum atomic E-state index is 12.2. The van der Waals surface area contributed by atoms with E-state index in [9.17, 15) is 9.59 Å². The van der Waals surface area contributed by atoms with Gasteiger partial charge in [-0.15, -0.1) is 0 Å². The first-order valence-corrected chi connectivity index (χ1v) is 6.50. The molecule has 0 unspecified atom stereocenters. The fraction of sp³-hybridized carbons (Fsp3) is 0.133. The highest BCUT2D eigenvalue weighted by Crippen LogP contribution is 2.17. The number of benzene rings is 1. The molecule has 106 valence electrons. The maximum absolute atomic E-state index is 12.2. The van der Waals surface area contributed by atoms with Gasteiger partial charge in [-0.3, -0.25) is 9.36 Å². The van der Waals surface area contributed by atoms with Crippen LogP contribution in [0.2, 0.25) is 0 Å². The lowest BCUT2D eigenvalue weighted by Crippen LogP contribution is -2.20. The van der Waals surface area contributed by atoms with Crippen molar-refractivity contribution in [1.82, 2.24) is 19.9 Å². The van der Waals surface area contributed by atoms with Crippen molar-refractivity contribution >= 4 is 16.9 Å². The van der Waals surface area contributed by atoms with E-state index in [-0.39, 0.29) is 11.6 Å². The number of hydrogen-bond donors (Lipinski definition) is 2. The van der Waals surface area contributed by atoms with Gasteiger partial charge in [0.25, 0.3) is 5.91 Å². The molecule has 2 heterocycles. The molecule has 0 aliphatic carbocycles. The molecule has 6 nitrogen and oxygen atoms in total. The molecule has 3 rings (SSSR count). The Morgan fingerprint density at radius 3 is 2.76 bits per heavy atom. The van der Waals surface area contributed by atoms with Crippen LogP contribution >= 0.6 is 0 Å². The molecule has 6 heteroatoms. The highest BCUT2D eigenvalue weighted by atomic mass is 16.2. The third kappa shape index (κ3) is 2.10. The Hall–Kier alpha value is -2.89. The number of aromatic nitrogens is 3. The van der Waals surface area contributed by atoms with Crippen LogP contribution in [-0.4, -0.2) is 27.5 Å². The number of rotatable bonds is 2. The number of aromatic amines is 1. The number of nitrogens with zero attached hydrogens (tertiary/aromatic N) is 2. The Balaban J connectivity index is 2.17. The van der Waals surface area contributed by atoms with Crippen molar-refractivity contribution in [3.8, 4) is 5.69 Å². The number of fused-ring (bicyclic) bond motifs is 1. The van der Waals surface area contributed by atoms with Crippen molar-refractivity contribution in [1.29, 1.82) is 0 Å². The largest absolute Gasteiger partial charge is 0.354 e. The van der Waals surface area contributed by atoms with Crippen LogP contribution in [0.15, 0.2) is 41.3 Å². The van der Waals surface area contributed by atoms with E-state index in [1.54, 1.807) is 23.7 Å². The van der Waals surface area contributed by atoms with Crippen LogP contribution in [-0.2, 0) is 0 Å². The highest BCUT2D eigenvalue weighted by molar-refractivity contribution is 5.92. The van der Waals surface area contributed by atoms with Crippen LogP contribution < -0.4 is 11.0 Å². The average molecular weight is 282 g/mol. The van der Waals surface area contributed by atoms with Crippen LogP contribution in [0.3, 0.4) is 0 Å². The minimum absolute atomic E-state index is 0.228. The van der Waals surface area contributed by atoms with E-state index in [1.165, 1.54) is 6.20 Å². The van der Waals surface area contributed by atoms with Gasteiger partial charge in [0.1, 0.15) is 5.69 Å². The lowest BCUT2D eigenvalue weighted by Gasteiger charge is -2.04. The second kappa shape index (κ2) is 4.90. The van der Waals surface area contributed by atoms with Crippen molar-refractivity contribution < 1.29 is 4.79 Å². The van der Waals surface area contributed by atoms with Gasteiger partial charge in [-0.25, -0.2) is 9.78 Å². The summed E-state index contributed by atoms with van der Waals surface area (Å²) in [5, 5.41) is 2.51. The summed E-state index contributed by atoms with van der Waals surface area (Å²) in [4.78, 5) is 30.6.